The van der Waals surface area contributed by atoms with Gasteiger partial charge in [-0.1, -0.05) is 0 Å². The highest BCUT2D eigenvalue weighted by Crippen LogP contribution is 2.43. The van der Waals surface area contributed by atoms with Crippen LogP contribution in [-0.4, -0.2) is 208 Å². The second kappa shape index (κ2) is 17.0. The fourth-order valence-electron chi connectivity index (χ4n) is 8.00. The zero-order valence-corrected chi connectivity index (χ0v) is 29.2. The van der Waals surface area contributed by atoms with Gasteiger partial charge in [0.25, 0.3) is 0 Å². The maximum atomic E-state index is 14.1. The van der Waals surface area contributed by atoms with Gasteiger partial charge in [0.05, 0.1) is 49.7 Å². The van der Waals surface area contributed by atoms with Crippen molar-refractivity contribution in [2.75, 3.05) is 13.2 Å². The number of hydrogen-bond acceptors (Lipinski definition) is 21. The van der Waals surface area contributed by atoms with Crippen LogP contribution in [0.4, 0.5) is 0 Å². The number of ketones is 1. The van der Waals surface area contributed by atoms with E-state index in [-0.39, 0.29) is 37.9 Å². The van der Waals surface area contributed by atoms with Gasteiger partial charge in [0.15, 0.2) is 12.6 Å². The quantitative estimate of drug-likeness (QED) is 0.103. The molecule has 21 heteroatoms. The van der Waals surface area contributed by atoms with Gasteiger partial charge in [-0.2, -0.15) is 0 Å². The van der Waals surface area contributed by atoms with Crippen LogP contribution in [0.25, 0.3) is 0 Å². The molecule has 5 fully saturated rings. The molecule has 0 radical (unpaired) electrons. The lowest BCUT2D eigenvalue weighted by Crippen LogP contribution is -2.65. The SMILES string of the molecule is CC1O[C@@H](OCC2O[C@@H](OC3=C(C4CCC(O)C(O)C4)OC4CC(O)CC(O)C4C3=O)C(O)[C@H](O)[C@@H]2O[C@@H]2OC(CO)[C@@H](O)[C@@H](O)C2O)C(O)[C@@H](O)[C@H]1O. The first-order chi connectivity index (χ1) is 25.5. The summed E-state index contributed by atoms with van der Waals surface area (Å²) in [4.78, 5) is 14.1. The van der Waals surface area contributed by atoms with Gasteiger partial charge in [0.2, 0.25) is 17.8 Å². The molecule has 2 aliphatic carbocycles. The predicted octanol–water partition coefficient (Wildman–Crippen LogP) is -6.69. The van der Waals surface area contributed by atoms with Gasteiger partial charge in [-0.25, -0.2) is 0 Å². The number of allylic oxidation sites excluding steroid dienone is 2. The largest absolute Gasteiger partial charge is 0.489 e. The average molecular weight is 785 g/mol. The van der Waals surface area contributed by atoms with Crippen molar-refractivity contribution in [2.24, 2.45) is 11.8 Å². The Balaban J connectivity index is 1.30. The van der Waals surface area contributed by atoms with Gasteiger partial charge in [0.1, 0.15) is 79.0 Å². The minimum absolute atomic E-state index is 0.0147. The Hall–Kier alpha value is -1.71. The molecule has 0 aromatic rings. The van der Waals surface area contributed by atoms with Gasteiger partial charge < -0.3 is 99.5 Å². The zero-order chi connectivity index (χ0) is 39.3. The molecule has 0 spiro atoms. The standard InChI is InChI=1S/C33H52O21/c1-9-19(39)22(42)25(45)31(49-9)48-8-17-29(53-32-26(46)23(43)20(40)16(7-34)51-32)24(44)27(47)33(52-17)54-30-21(41)18-14(38)5-11(35)6-15(18)50-28(30)10-2-3-12(36)13(37)4-10/h9-20,22-27,29,31-40,42-47H,2-8H2,1H3/t9?,10?,11?,12?,13?,14?,15?,16?,17?,18?,19-,20+,22-,23+,24-,25?,26?,27?,29+,31+,32-,33-/m0/s1. The van der Waals surface area contributed by atoms with Crippen LogP contribution < -0.4 is 0 Å². The van der Waals surface area contributed by atoms with E-state index in [4.69, 9.17) is 33.2 Å². The second-order valence-corrected chi connectivity index (χ2v) is 15.0. The lowest BCUT2D eigenvalue weighted by Gasteiger charge is -2.47. The van der Waals surface area contributed by atoms with E-state index in [0.29, 0.717) is 0 Å². The van der Waals surface area contributed by atoms with Gasteiger partial charge in [-0.05, 0) is 26.2 Å². The zero-order valence-electron chi connectivity index (χ0n) is 29.2. The van der Waals surface area contributed by atoms with Crippen molar-refractivity contribution in [3.63, 3.8) is 0 Å². The molecule has 21 nitrogen and oxygen atoms in total. The lowest BCUT2D eigenvalue weighted by atomic mass is 9.75. The highest BCUT2D eigenvalue weighted by molar-refractivity contribution is 5.97. The van der Waals surface area contributed by atoms with Crippen molar-refractivity contribution < 1.29 is 104 Å². The second-order valence-electron chi connectivity index (χ2n) is 15.0. The van der Waals surface area contributed by atoms with Crippen molar-refractivity contribution in [2.45, 2.75) is 162 Å². The number of aliphatic hydroxyl groups excluding tert-OH is 13. The van der Waals surface area contributed by atoms with E-state index < -0.39 is 159 Å². The molecule has 13 N–H and O–H groups in total. The molecule has 4 heterocycles. The summed E-state index contributed by atoms with van der Waals surface area (Å²) in [7, 11) is 0. The molecule has 310 valence electrons. The molecule has 0 aromatic carbocycles. The number of hydrogen-bond donors (Lipinski definition) is 13. The van der Waals surface area contributed by atoms with Crippen LogP contribution in [0.3, 0.4) is 0 Å². The van der Waals surface area contributed by atoms with Gasteiger partial charge in [-0.3, -0.25) is 4.79 Å². The van der Waals surface area contributed by atoms with E-state index in [2.05, 4.69) is 0 Å². The first-order valence-corrected chi connectivity index (χ1v) is 18.1. The van der Waals surface area contributed by atoms with E-state index in [0.717, 1.165) is 0 Å². The summed E-state index contributed by atoms with van der Waals surface area (Å²) < 4.78 is 40.5. The normalized spacial score (nSPS) is 51.7. The number of carbonyl (C=O) groups is 1. The third-order valence-electron chi connectivity index (χ3n) is 11.3. The average Bonchev–Trinajstić information content (AvgIpc) is 3.13. The van der Waals surface area contributed by atoms with Crippen LogP contribution in [0.2, 0.25) is 0 Å². The summed E-state index contributed by atoms with van der Waals surface area (Å²) in [5.74, 6) is -3.31. The maximum absolute atomic E-state index is 14.1. The molecule has 0 amide bonds. The predicted molar refractivity (Wildman–Crippen MR) is 170 cm³/mol. The van der Waals surface area contributed by atoms with Gasteiger partial charge in [-0.15, -0.1) is 0 Å². The summed E-state index contributed by atoms with van der Waals surface area (Å²) in [6.45, 7) is -0.117. The van der Waals surface area contributed by atoms with E-state index in [1.54, 1.807) is 0 Å². The highest BCUT2D eigenvalue weighted by atomic mass is 16.8. The molecule has 54 heavy (non-hydrogen) atoms. The summed E-state index contributed by atoms with van der Waals surface area (Å²) in [6, 6.07) is 0. The van der Waals surface area contributed by atoms with Crippen LogP contribution >= 0.6 is 0 Å². The smallest absolute Gasteiger partial charge is 0.229 e. The number of ether oxygens (including phenoxy) is 7. The molecule has 0 bridgehead atoms. The van der Waals surface area contributed by atoms with Crippen LogP contribution in [0.5, 0.6) is 0 Å². The Kier molecular flexibility index (Phi) is 13.2. The summed E-state index contributed by atoms with van der Waals surface area (Å²) >= 11 is 0. The Morgan fingerprint density at radius 1 is 0.648 bits per heavy atom. The Labute approximate surface area is 308 Å². The molecule has 6 aliphatic rings. The minimum atomic E-state index is -2.07. The number of rotatable bonds is 9. The molecular formula is C33H52O21. The first-order valence-electron chi connectivity index (χ1n) is 18.1. The fraction of sp³-hybridized carbons (Fsp3) is 0.909. The molecule has 4 aliphatic heterocycles. The van der Waals surface area contributed by atoms with E-state index in [9.17, 15) is 71.2 Å². The van der Waals surface area contributed by atoms with Crippen LogP contribution in [-0.2, 0) is 38.0 Å². The molecule has 6 rings (SSSR count). The lowest BCUT2D eigenvalue weighted by molar-refractivity contribution is -0.363. The van der Waals surface area contributed by atoms with Crippen LogP contribution in [0.1, 0.15) is 39.0 Å². The maximum Gasteiger partial charge on any atom is 0.229 e. The van der Waals surface area contributed by atoms with Crippen LogP contribution in [0, 0.1) is 11.8 Å². The van der Waals surface area contributed by atoms with E-state index >= 15 is 0 Å². The topological polar surface area (TPSA) is 345 Å². The van der Waals surface area contributed by atoms with Crippen molar-refractivity contribution in [3.8, 4) is 0 Å². The van der Waals surface area contributed by atoms with Crippen LogP contribution in [0.15, 0.2) is 11.5 Å². The Morgan fingerprint density at radius 2 is 1.30 bits per heavy atom. The molecular weight excluding hydrogens is 732 g/mol. The summed E-state index contributed by atoms with van der Waals surface area (Å²) in [5, 5.41) is 136. The monoisotopic (exact) mass is 784 g/mol. The third-order valence-corrected chi connectivity index (χ3v) is 11.3. The number of fused-ring (bicyclic) bond motifs is 1. The molecule has 22 atom stereocenters. The highest BCUT2D eigenvalue weighted by Gasteiger charge is 2.55. The minimum Gasteiger partial charge on any atom is -0.489 e. The Bertz CT molecular complexity index is 1320. The molecule has 13 unspecified atom stereocenters. The number of aliphatic hydroxyl groups is 13. The molecule has 0 aromatic heterocycles. The van der Waals surface area contributed by atoms with E-state index in [1.807, 2.05) is 0 Å². The summed E-state index contributed by atoms with van der Waals surface area (Å²) in [6.07, 6.45) is -31.3. The molecule has 3 saturated heterocycles. The fourth-order valence-corrected chi connectivity index (χ4v) is 8.00. The Morgan fingerprint density at radius 3 is 1.98 bits per heavy atom. The van der Waals surface area contributed by atoms with Crippen molar-refractivity contribution in [3.05, 3.63) is 11.5 Å². The van der Waals surface area contributed by atoms with Crippen molar-refractivity contribution >= 4 is 5.78 Å². The van der Waals surface area contributed by atoms with Crippen molar-refractivity contribution in [1.29, 1.82) is 0 Å². The van der Waals surface area contributed by atoms with Gasteiger partial charge in [0, 0.05) is 18.8 Å². The first kappa shape index (κ1) is 41.9. The summed E-state index contributed by atoms with van der Waals surface area (Å²) in [5.41, 5.74) is 0. The number of carbonyl (C=O) groups excluding carboxylic acids is 1. The van der Waals surface area contributed by atoms with E-state index in [1.165, 1.54) is 6.92 Å². The van der Waals surface area contributed by atoms with Gasteiger partial charge >= 0.3 is 0 Å². The number of Topliss-reactive ketones (excluding diaryl/α,β-unsaturated/α-hetero) is 1. The third kappa shape index (κ3) is 8.17. The molecule has 2 saturated carbocycles. The van der Waals surface area contributed by atoms with Crippen molar-refractivity contribution in [1.82, 2.24) is 0 Å².